The SMILES string of the molecule is CCc1cnc(C#N)c(C)c1. The van der Waals surface area contributed by atoms with E-state index in [2.05, 4.69) is 11.9 Å². The van der Waals surface area contributed by atoms with Crippen LogP contribution < -0.4 is 0 Å². The summed E-state index contributed by atoms with van der Waals surface area (Å²) in [5, 5.41) is 8.57. The third kappa shape index (κ3) is 1.56. The van der Waals surface area contributed by atoms with Crippen LogP contribution in [0.1, 0.15) is 23.7 Å². The Balaban J connectivity index is 3.12. The van der Waals surface area contributed by atoms with Crippen molar-refractivity contribution < 1.29 is 0 Å². The summed E-state index contributed by atoms with van der Waals surface area (Å²) < 4.78 is 0. The van der Waals surface area contributed by atoms with E-state index in [0.717, 1.165) is 12.0 Å². The maximum atomic E-state index is 8.57. The van der Waals surface area contributed by atoms with Crippen molar-refractivity contribution in [3.8, 4) is 6.07 Å². The molecule has 1 rings (SSSR count). The Morgan fingerprint density at radius 3 is 2.82 bits per heavy atom. The number of pyridine rings is 1. The molecular formula is C9H10N2. The first-order chi connectivity index (χ1) is 5.27. The van der Waals surface area contributed by atoms with Crippen molar-refractivity contribution in [3.63, 3.8) is 0 Å². The minimum Gasteiger partial charge on any atom is -0.245 e. The van der Waals surface area contributed by atoms with Crippen LogP contribution in [0.25, 0.3) is 0 Å². The fraction of sp³-hybridized carbons (Fsp3) is 0.333. The van der Waals surface area contributed by atoms with E-state index in [1.807, 2.05) is 19.1 Å². The maximum absolute atomic E-state index is 8.57. The van der Waals surface area contributed by atoms with Gasteiger partial charge in [0.2, 0.25) is 0 Å². The molecule has 2 heteroatoms. The average molecular weight is 146 g/mol. The lowest BCUT2D eigenvalue weighted by Gasteiger charge is -1.98. The molecule has 0 saturated heterocycles. The molecule has 0 aliphatic heterocycles. The monoisotopic (exact) mass is 146 g/mol. The van der Waals surface area contributed by atoms with Crippen LogP contribution in [-0.4, -0.2) is 4.98 Å². The molecule has 0 fully saturated rings. The van der Waals surface area contributed by atoms with Gasteiger partial charge in [0.25, 0.3) is 0 Å². The lowest BCUT2D eigenvalue weighted by molar-refractivity contribution is 1.08. The van der Waals surface area contributed by atoms with Crippen molar-refractivity contribution in [1.82, 2.24) is 4.98 Å². The number of aromatic nitrogens is 1. The molecule has 0 aliphatic carbocycles. The van der Waals surface area contributed by atoms with Gasteiger partial charge in [0.05, 0.1) is 0 Å². The molecule has 0 bridgehead atoms. The van der Waals surface area contributed by atoms with Gasteiger partial charge in [0.15, 0.2) is 0 Å². The predicted molar refractivity (Wildman–Crippen MR) is 43.1 cm³/mol. The first-order valence-electron chi connectivity index (χ1n) is 3.63. The lowest BCUT2D eigenvalue weighted by Crippen LogP contribution is -1.90. The molecule has 56 valence electrons. The summed E-state index contributed by atoms with van der Waals surface area (Å²) in [7, 11) is 0. The summed E-state index contributed by atoms with van der Waals surface area (Å²) in [4.78, 5) is 4.01. The molecular weight excluding hydrogens is 136 g/mol. The highest BCUT2D eigenvalue weighted by Gasteiger charge is 1.97. The number of aryl methyl sites for hydroxylation is 2. The molecule has 0 aliphatic rings. The normalized spacial score (nSPS) is 9.18. The van der Waals surface area contributed by atoms with Gasteiger partial charge < -0.3 is 0 Å². The predicted octanol–water partition coefficient (Wildman–Crippen LogP) is 1.82. The van der Waals surface area contributed by atoms with Gasteiger partial charge in [-0.25, -0.2) is 4.98 Å². The molecule has 11 heavy (non-hydrogen) atoms. The fourth-order valence-electron chi connectivity index (χ4n) is 0.943. The molecule has 1 heterocycles. The summed E-state index contributed by atoms with van der Waals surface area (Å²) in [6, 6.07) is 4.04. The molecule has 0 N–H and O–H groups in total. The Morgan fingerprint density at radius 2 is 2.36 bits per heavy atom. The van der Waals surface area contributed by atoms with Crippen molar-refractivity contribution in [2.24, 2.45) is 0 Å². The van der Waals surface area contributed by atoms with Crippen LogP contribution in [0.15, 0.2) is 12.3 Å². The Bertz CT molecular complexity index is 297. The van der Waals surface area contributed by atoms with Crippen molar-refractivity contribution in [2.45, 2.75) is 20.3 Å². The van der Waals surface area contributed by atoms with E-state index in [-0.39, 0.29) is 0 Å². The van der Waals surface area contributed by atoms with Gasteiger partial charge in [-0.15, -0.1) is 0 Å². The molecule has 2 nitrogen and oxygen atoms in total. The molecule has 1 aromatic heterocycles. The van der Waals surface area contributed by atoms with E-state index >= 15 is 0 Å². The van der Waals surface area contributed by atoms with E-state index in [1.54, 1.807) is 6.20 Å². The zero-order chi connectivity index (χ0) is 8.27. The Hall–Kier alpha value is -1.36. The second kappa shape index (κ2) is 3.16. The molecule has 0 atom stereocenters. The Morgan fingerprint density at radius 1 is 1.64 bits per heavy atom. The average Bonchev–Trinajstić information content (AvgIpc) is 2.04. The standard InChI is InChI=1S/C9H10N2/c1-3-8-4-7(2)9(5-10)11-6-8/h4,6H,3H2,1-2H3. The summed E-state index contributed by atoms with van der Waals surface area (Å²) in [6.45, 7) is 3.98. The van der Waals surface area contributed by atoms with Gasteiger partial charge in [0.1, 0.15) is 11.8 Å². The highest BCUT2D eigenvalue weighted by Crippen LogP contribution is 2.06. The molecule has 1 aromatic rings. The van der Waals surface area contributed by atoms with E-state index in [0.29, 0.717) is 5.69 Å². The molecule has 0 spiro atoms. The number of hydrogen-bond acceptors (Lipinski definition) is 2. The summed E-state index contributed by atoms with van der Waals surface area (Å²) in [5.41, 5.74) is 2.68. The molecule has 0 saturated carbocycles. The van der Waals surface area contributed by atoms with Crippen LogP contribution in [0.3, 0.4) is 0 Å². The van der Waals surface area contributed by atoms with Crippen LogP contribution in [0.4, 0.5) is 0 Å². The van der Waals surface area contributed by atoms with Crippen molar-refractivity contribution in [1.29, 1.82) is 5.26 Å². The van der Waals surface area contributed by atoms with E-state index in [9.17, 15) is 0 Å². The van der Waals surface area contributed by atoms with Gasteiger partial charge in [-0.1, -0.05) is 13.0 Å². The third-order valence-electron chi connectivity index (χ3n) is 1.65. The number of nitriles is 1. The zero-order valence-corrected chi connectivity index (χ0v) is 6.76. The van der Waals surface area contributed by atoms with Gasteiger partial charge in [0, 0.05) is 6.20 Å². The molecule has 0 unspecified atom stereocenters. The van der Waals surface area contributed by atoms with Crippen LogP contribution in [0, 0.1) is 18.3 Å². The second-order valence-corrected chi connectivity index (χ2v) is 2.47. The van der Waals surface area contributed by atoms with Gasteiger partial charge >= 0.3 is 0 Å². The Labute approximate surface area is 66.5 Å². The minimum absolute atomic E-state index is 0.530. The second-order valence-electron chi connectivity index (χ2n) is 2.47. The zero-order valence-electron chi connectivity index (χ0n) is 6.76. The smallest absolute Gasteiger partial charge is 0.143 e. The molecule has 0 radical (unpaired) electrons. The largest absolute Gasteiger partial charge is 0.245 e. The van der Waals surface area contributed by atoms with Crippen molar-refractivity contribution in [2.75, 3.05) is 0 Å². The van der Waals surface area contributed by atoms with Crippen LogP contribution >= 0.6 is 0 Å². The van der Waals surface area contributed by atoms with Crippen LogP contribution in [0.5, 0.6) is 0 Å². The highest BCUT2D eigenvalue weighted by molar-refractivity contribution is 5.32. The summed E-state index contributed by atoms with van der Waals surface area (Å²) >= 11 is 0. The fourth-order valence-corrected chi connectivity index (χ4v) is 0.943. The molecule has 0 amide bonds. The van der Waals surface area contributed by atoms with Crippen molar-refractivity contribution >= 4 is 0 Å². The molecule has 0 aromatic carbocycles. The number of nitrogens with zero attached hydrogens (tertiary/aromatic N) is 2. The van der Waals surface area contributed by atoms with Gasteiger partial charge in [-0.3, -0.25) is 0 Å². The van der Waals surface area contributed by atoms with E-state index in [4.69, 9.17) is 5.26 Å². The quantitative estimate of drug-likeness (QED) is 0.606. The lowest BCUT2D eigenvalue weighted by atomic mass is 10.1. The van der Waals surface area contributed by atoms with E-state index in [1.165, 1.54) is 5.56 Å². The third-order valence-corrected chi connectivity index (χ3v) is 1.65. The van der Waals surface area contributed by atoms with Crippen LogP contribution in [0.2, 0.25) is 0 Å². The number of hydrogen-bond donors (Lipinski definition) is 0. The van der Waals surface area contributed by atoms with Crippen LogP contribution in [-0.2, 0) is 6.42 Å². The minimum atomic E-state index is 0.530. The van der Waals surface area contributed by atoms with Crippen molar-refractivity contribution in [3.05, 3.63) is 29.1 Å². The first kappa shape index (κ1) is 7.74. The topological polar surface area (TPSA) is 36.7 Å². The van der Waals surface area contributed by atoms with Gasteiger partial charge in [-0.05, 0) is 24.5 Å². The van der Waals surface area contributed by atoms with E-state index < -0.39 is 0 Å². The summed E-state index contributed by atoms with van der Waals surface area (Å²) in [5.74, 6) is 0. The Kier molecular flexibility index (Phi) is 2.22. The number of rotatable bonds is 1. The van der Waals surface area contributed by atoms with Gasteiger partial charge in [-0.2, -0.15) is 5.26 Å². The summed E-state index contributed by atoms with van der Waals surface area (Å²) in [6.07, 6.45) is 2.73. The maximum Gasteiger partial charge on any atom is 0.143 e. The first-order valence-corrected chi connectivity index (χ1v) is 3.63. The highest BCUT2D eigenvalue weighted by atomic mass is 14.7.